The summed E-state index contributed by atoms with van der Waals surface area (Å²) in [6, 6.07) is 17.1. The van der Waals surface area contributed by atoms with E-state index in [2.05, 4.69) is 15.4 Å². The van der Waals surface area contributed by atoms with E-state index in [1.54, 1.807) is 29.0 Å². The number of anilines is 1. The molecule has 1 N–H and O–H groups in total. The highest BCUT2D eigenvalue weighted by Crippen LogP contribution is 2.28. The van der Waals surface area contributed by atoms with E-state index in [1.807, 2.05) is 42.5 Å². The van der Waals surface area contributed by atoms with Crippen LogP contribution in [0.4, 0.5) is 5.82 Å². The second kappa shape index (κ2) is 6.37. The van der Waals surface area contributed by atoms with Crippen molar-refractivity contribution in [1.29, 1.82) is 0 Å². The third-order valence-electron chi connectivity index (χ3n) is 3.84. The normalized spacial score (nSPS) is 10.8. The van der Waals surface area contributed by atoms with Gasteiger partial charge in [-0.1, -0.05) is 41.9 Å². The fourth-order valence-corrected chi connectivity index (χ4v) is 2.81. The average molecular weight is 349 g/mol. The van der Waals surface area contributed by atoms with Crippen molar-refractivity contribution >= 4 is 28.8 Å². The van der Waals surface area contributed by atoms with Gasteiger partial charge in [0.05, 0.1) is 22.3 Å². The molecule has 6 heteroatoms. The number of carbonyl (C=O) groups excluding carboxylic acids is 1. The van der Waals surface area contributed by atoms with Gasteiger partial charge in [-0.2, -0.15) is 5.10 Å². The average Bonchev–Trinajstić information content (AvgIpc) is 3.04. The van der Waals surface area contributed by atoms with Crippen LogP contribution in [0.25, 0.3) is 16.6 Å². The fourth-order valence-electron chi connectivity index (χ4n) is 2.63. The second-order valence-corrected chi connectivity index (χ2v) is 5.89. The first kappa shape index (κ1) is 15.4. The van der Waals surface area contributed by atoms with Gasteiger partial charge in [-0.25, -0.2) is 4.52 Å². The van der Waals surface area contributed by atoms with Gasteiger partial charge in [0, 0.05) is 12.4 Å². The Labute approximate surface area is 148 Å². The number of halogens is 1. The summed E-state index contributed by atoms with van der Waals surface area (Å²) >= 11 is 6.25. The Morgan fingerprint density at radius 2 is 1.84 bits per heavy atom. The third kappa shape index (κ3) is 2.97. The molecule has 0 fully saturated rings. The van der Waals surface area contributed by atoms with E-state index in [9.17, 15) is 4.79 Å². The van der Waals surface area contributed by atoms with Crippen LogP contribution in [0.15, 0.2) is 73.2 Å². The van der Waals surface area contributed by atoms with Crippen LogP contribution >= 0.6 is 11.6 Å². The van der Waals surface area contributed by atoms with Gasteiger partial charge in [0.15, 0.2) is 0 Å². The van der Waals surface area contributed by atoms with Crippen molar-refractivity contribution in [2.75, 3.05) is 5.32 Å². The number of pyridine rings is 2. The maximum absolute atomic E-state index is 12.5. The molecule has 3 aromatic heterocycles. The van der Waals surface area contributed by atoms with E-state index in [0.717, 1.165) is 16.6 Å². The predicted octanol–water partition coefficient (Wildman–Crippen LogP) is 4.30. The Bertz CT molecular complexity index is 1050. The molecule has 4 rings (SSSR count). The molecule has 0 unspecified atom stereocenters. The van der Waals surface area contributed by atoms with Crippen LogP contribution in [0.1, 0.15) is 10.4 Å². The van der Waals surface area contributed by atoms with Crippen LogP contribution in [0, 0.1) is 0 Å². The van der Waals surface area contributed by atoms with E-state index in [0.29, 0.717) is 16.4 Å². The molecule has 0 saturated carbocycles. The molecule has 0 aliphatic heterocycles. The number of hydrogen-bond donors (Lipinski definition) is 1. The van der Waals surface area contributed by atoms with Gasteiger partial charge in [-0.3, -0.25) is 9.78 Å². The van der Waals surface area contributed by atoms with Crippen LogP contribution in [-0.2, 0) is 0 Å². The van der Waals surface area contributed by atoms with Gasteiger partial charge in [0.2, 0.25) is 0 Å². The maximum Gasteiger partial charge on any atom is 0.258 e. The van der Waals surface area contributed by atoms with Gasteiger partial charge in [0.1, 0.15) is 5.82 Å². The van der Waals surface area contributed by atoms with Crippen molar-refractivity contribution in [2.45, 2.75) is 0 Å². The first-order valence-electron chi connectivity index (χ1n) is 7.66. The molecular formula is C19H13ClN4O. The SMILES string of the molecule is O=C(Nc1cc(-c2ccccc2)cc2c(Cl)cnn12)c1cccnc1. The van der Waals surface area contributed by atoms with Gasteiger partial charge < -0.3 is 5.32 Å². The zero-order chi connectivity index (χ0) is 17.2. The van der Waals surface area contributed by atoms with Crippen molar-refractivity contribution in [3.8, 4) is 11.1 Å². The van der Waals surface area contributed by atoms with Crippen LogP contribution in [0.2, 0.25) is 5.02 Å². The minimum absolute atomic E-state index is 0.258. The summed E-state index contributed by atoms with van der Waals surface area (Å²) in [6.07, 6.45) is 4.70. The summed E-state index contributed by atoms with van der Waals surface area (Å²) in [4.78, 5) is 16.5. The molecule has 4 aromatic rings. The lowest BCUT2D eigenvalue weighted by Crippen LogP contribution is -2.15. The van der Waals surface area contributed by atoms with Crippen molar-refractivity contribution in [3.63, 3.8) is 0 Å². The van der Waals surface area contributed by atoms with Gasteiger partial charge in [0.25, 0.3) is 5.91 Å². The van der Waals surface area contributed by atoms with E-state index in [4.69, 9.17) is 11.6 Å². The molecule has 1 amide bonds. The molecule has 0 spiro atoms. The van der Waals surface area contributed by atoms with Crippen molar-refractivity contribution in [3.05, 3.63) is 83.8 Å². The topological polar surface area (TPSA) is 59.3 Å². The maximum atomic E-state index is 12.5. The summed E-state index contributed by atoms with van der Waals surface area (Å²) in [5, 5.41) is 7.66. The minimum atomic E-state index is -0.258. The molecule has 0 radical (unpaired) electrons. The number of nitrogens with zero attached hydrogens (tertiary/aromatic N) is 3. The molecular weight excluding hydrogens is 336 g/mol. The quantitative estimate of drug-likeness (QED) is 0.600. The number of fused-ring (bicyclic) bond motifs is 1. The third-order valence-corrected chi connectivity index (χ3v) is 4.14. The molecule has 122 valence electrons. The fraction of sp³-hybridized carbons (Fsp3) is 0. The molecule has 1 aromatic carbocycles. The second-order valence-electron chi connectivity index (χ2n) is 5.48. The monoisotopic (exact) mass is 348 g/mol. The molecule has 0 aliphatic rings. The molecule has 0 aliphatic carbocycles. The van der Waals surface area contributed by atoms with E-state index in [1.165, 1.54) is 6.20 Å². The zero-order valence-corrected chi connectivity index (χ0v) is 13.8. The van der Waals surface area contributed by atoms with Crippen molar-refractivity contribution in [1.82, 2.24) is 14.6 Å². The van der Waals surface area contributed by atoms with Crippen molar-refractivity contribution in [2.24, 2.45) is 0 Å². The Morgan fingerprint density at radius 3 is 2.60 bits per heavy atom. The van der Waals surface area contributed by atoms with Gasteiger partial charge in [-0.05, 0) is 35.4 Å². The summed E-state index contributed by atoms with van der Waals surface area (Å²) in [7, 11) is 0. The summed E-state index contributed by atoms with van der Waals surface area (Å²) in [6.45, 7) is 0. The molecule has 5 nitrogen and oxygen atoms in total. The van der Waals surface area contributed by atoms with Crippen LogP contribution < -0.4 is 5.32 Å². The molecule has 0 bridgehead atoms. The summed E-state index contributed by atoms with van der Waals surface area (Å²) in [5.74, 6) is 0.281. The van der Waals surface area contributed by atoms with Gasteiger partial charge in [-0.15, -0.1) is 0 Å². The summed E-state index contributed by atoms with van der Waals surface area (Å²) in [5.41, 5.74) is 3.17. The Morgan fingerprint density at radius 1 is 1.00 bits per heavy atom. The number of amides is 1. The molecule has 25 heavy (non-hydrogen) atoms. The number of carbonyl (C=O) groups is 1. The highest BCUT2D eigenvalue weighted by Gasteiger charge is 2.13. The Balaban J connectivity index is 1.81. The molecule has 0 atom stereocenters. The van der Waals surface area contributed by atoms with E-state index in [-0.39, 0.29) is 5.91 Å². The number of rotatable bonds is 3. The highest BCUT2D eigenvalue weighted by atomic mass is 35.5. The molecule has 3 heterocycles. The number of hydrogen-bond acceptors (Lipinski definition) is 3. The number of benzene rings is 1. The van der Waals surface area contributed by atoms with E-state index < -0.39 is 0 Å². The molecule has 0 saturated heterocycles. The first-order chi connectivity index (χ1) is 12.2. The van der Waals surface area contributed by atoms with Crippen LogP contribution in [0.3, 0.4) is 0 Å². The minimum Gasteiger partial charge on any atom is -0.306 e. The Kier molecular flexibility index (Phi) is 3.91. The number of nitrogens with one attached hydrogen (secondary N) is 1. The van der Waals surface area contributed by atoms with Crippen molar-refractivity contribution < 1.29 is 4.79 Å². The predicted molar refractivity (Wildman–Crippen MR) is 97.8 cm³/mol. The number of aromatic nitrogens is 3. The Hall–Kier alpha value is -3.18. The largest absolute Gasteiger partial charge is 0.306 e. The smallest absolute Gasteiger partial charge is 0.258 e. The lowest BCUT2D eigenvalue weighted by molar-refractivity contribution is 0.102. The first-order valence-corrected chi connectivity index (χ1v) is 8.04. The lowest BCUT2D eigenvalue weighted by Gasteiger charge is -2.11. The van der Waals surface area contributed by atoms with Crippen LogP contribution in [0.5, 0.6) is 0 Å². The zero-order valence-electron chi connectivity index (χ0n) is 13.1. The van der Waals surface area contributed by atoms with Crippen LogP contribution in [-0.4, -0.2) is 20.5 Å². The highest BCUT2D eigenvalue weighted by molar-refractivity contribution is 6.33. The summed E-state index contributed by atoms with van der Waals surface area (Å²) < 4.78 is 1.61. The van der Waals surface area contributed by atoms with E-state index >= 15 is 0 Å². The standard InChI is InChI=1S/C19H13ClN4O/c20-16-12-22-24-17(16)9-15(13-5-2-1-3-6-13)10-18(24)23-19(25)14-7-4-8-21-11-14/h1-12H,(H,23,25). The lowest BCUT2D eigenvalue weighted by atomic mass is 10.1. The van der Waals surface area contributed by atoms with Gasteiger partial charge >= 0.3 is 0 Å².